The highest BCUT2D eigenvalue weighted by molar-refractivity contribution is 6.12. The second-order valence-corrected chi connectivity index (χ2v) is 15.4. The van der Waals surface area contributed by atoms with E-state index in [1.807, 2.05) is 0 Å². The molecule has 1 aromatic heterocycles. The number of aromatic nitrogens is 1. The van der Waals surface area contributed by atoms with E-state index in [2.05, 4.69) is 217 Å². The van der Waals surface area contributed by atoms with E-state index in [0.717, 1.165) is 17.1 Å². The van der Waals surface area contributed by atoms with Crippen molar-refractivity contribution >= 4 is 60.4 Å². The van der Waals surface area contributed by atoms with Crippen LogP contribution in [0.15, 0.2) is 194 Å². The first-order valence-electron chi connectivity index (χ1n) is 19.2. The van der Waals surface area contributed by atoms with Crippen molar-refractivity contribution < 1.29 is 0 Å². The summed E-state index contributed by atoms with van der Waals surface area (Å²) in [5.74, 6) is 0. The van der Waals surface area contributed by atoms with Crippen LogP contribution in [0.3, 0.4) is 0 Å². The lowest BCUT2D eigenvalue weighted by Gasteiger charge is -2.26. The van der Waals surface area contributed by atoms with E-state index < -0.39 is 0 Å². The summed E-state index contributed by atoms with van der Waals surface area (Å²) in [5, 5.41) is 7.50. The van der Waals surface area contributed by atoms with Crippen LogP contribution in [-0.4, -0.2) is 4.57 Å². The average molecular weight is 703 g/mol. The van der Waals surface area contributed by atoms with E-state index in [-0.39, 0.29) is 5.41 Å². The molecule has 260 valence electrons. The first-order valence-corrected chi connectivity index (χ1v) is 19.2. The predicted molar refractivity (Wildman–Crippen MR) is 233 cm³/mol. The molecule has 1 aliphatic carbocycles. The highest BCUT2D eigenvalue weighted by atomic mass is 15.1. The summed E-state index contributed by atoms with van der Waals surface area (Å²) in [7, 11) is 0. The second kappa shape index (κ2) is 12.1. The molecule has 0 fully saturated rings. The minimum atomic E-state index is -0.0669. The lowest BCUT2D eigenvalue weighted by atomic mass is 9.82. The molecule has 0 spiro atoms. The fourth-order valence-corrected chi connectivity index (χ4v) is 9.14. The SMILES string of the molecule is CC1(C)c2ccccc2-c2cc3c4ccccc4n(-c4ccc5cc(N(c6ccccc6)c6ccc(-c7ccc8ccccc8c7)cc6)ccc5c4)c3cc21. The molecule has 0 aliphatic heterocycles. The Labute approximate surface area is 321 Å². The van der Waals surface area contributed by atoms with Gasteiger partial charge in [-0.25, -0.2) is 0 Å². The van der Waals surface area contributed by atoms with Crippen LogP contribution < -0.4 is 4.90 Å². The van der Waals surface area contributed by atoms with E-state index in [9.17, 15) is 0 Å². The summed E-state index contributed by atoms with van der Waals surface area (Å²) in [6.45, 7) is 4.73. The lowest BCUT2D eigenvalue weighted by Crippen LogP contribution is -2.14. The van der Waals surface area contributed by atoms with Crippen LogP contribution in [0.5, 0.6) is 0 Å². The molecule has 0 bridgehead atoms. The molecule has 10 aromatic rings. The van der Waals surface area contributed by atoms with E-state index >= 15 is 0 Å². The van der Waals surface area contributed by atoms with Gasteiger partial charge in [0.1, 0.15) is 0 Å². The van der Waals surface area contributed by atoms with Gasteiger partial charge in [-0.1, -0.05) is 135 Å². The fraction of sp³-hybridized carbons (Fsp3) is 0.0566. The molecule has 0 atom stereocenters. The maximum absolute atomic E-state index is 2.46. The second-order valence-electron chi connectivity index (χ2n) is 15.4. The summed E-state index contributed by atoms with van der Waals surface area (Å²) in [6.07, 6.45) is 0. The Hall–Kier alpha value is -6.90. The maximum Gasteiger partial charge on any atom is 0.0544 e. The Morgan fingerprint density at radius 3 is 1.89 bits per heavy atom. The van der Waals surface area contributed by atoms with Crippen LogP contribution >= 0.6 is 0 Å². The van der Waals surface area contributed by atoms with Crippen molar-refractivity contribution in [2.45, 2.75) is 19.3 Å². The van der Waals surface area contributed by atoms with Crippen molar-refractivity contribution in [1.82, 2.24) is 4.57 Å². The summed E-state index contributed by atoms with van der Waals surface area (Å²) in [6, 6.07) is 71.3. The molecule has 1 heterocycles. The van der Waals surface area contributed by atoms with Gasteiger partial charge in [0.15, 0.2) is 0 Å². The van der Waals surface area contributed by atoms with Gasteiger partial charge in [-0.05, 0) is 128 Å². The normalized spacial score (nSPS) is 13.1. The van der Waals surface area contributed by atoms with Gasteiger partial charge in [-0.3, -0.25) is 0 Å². The maximum atomic E-state index is 2.46. The molecular formula is C53H38N2. The highest BCUT2D eigenvalue weighted by Gasteiger charge is 2.36. The van der Waals surface area contributed by atoms with Gasteiger partial charge in [0.05, 0.1) is 11.0 Å². The van der Waals surface area contributed by atoms with Crippen LogP contribution in [0, 0.1) is 0 Å². The molecule has 0 radical (unpaired) electrons. The van der Waals surface area contributed by atoms with Crippen LogP contribution in [-0.2, 0) is 5.41 Å². The summed E-state index contributed by atoms with van der Waals surface area (Å²) >= 11 is 0. The van der Waals surface area contributed by atoms with E-state index in [4.69, 9.17) is 0 Å². The van der Waals surface area contributed by atoms with Crippen LogP contribution in [0.4, 0.5) is 17.1 Å². The first-order chi connectivity index (χ1) is 27.0. The third kappa shape index (κ3) is 4.95. The minimum absolute atomic E-state index is 0.0669. The Kier molecular flexibility index (Phi) is 6.93. The van der Waals surface area contributed by atoms with E-state index in [0.29, 0.717) is 0 Å². The van der Waals surface area contributed by atoms with E-state index in [1.54, 1.807) is 0 Å². The van der Waals surface area contributed by atoms with Gasteiger partial charge in [-0.15, -0.1) is 0 Å². The van der Waals surface area contributed by atoms with Crippen molar-refractivity contribution in [3.63, 3.8) is 0 Å². The molecule has 0 N–H and O–H groups in total. The number of anilines is 3. The monoisotopic (exact) mass is 702 g/mol. The Balaban J connectivity index is 1.01. The van der Waals surface area contributed by atoms with Crippen molar-refractivity contribution in [3.8, 4) is 27.9 Å². The van der Waals surface area contributed by atoms with Crippen molar-refractivity contribution in [1.29, 1.82) is 0 Å². The van der Waals surface area contributed by atoms with Gasteiger partial charge >= 0.3 is 0 Å². The van der Waals surface area contributed by atoms with Gasteiger partial charge < -0.3 is 9.47 Å². The molecule has 0 saturated heterocycles. The zero-order valence-corrected chi connectivity index (χ0v) is 30.9. The molecule has 2 heteroatoms. The molecule has 0 amide bonds. The molecule has 1 aliphatic rings. The average Bonchev–Trinajstić information content (AvgIpc) is 3.68. The number of para-hydroxylation sites is 2. The van der Waals surface area contributed by atoms with Crippen molar-refractivity contribution in [3.05, 3.63) is 205 Å². The van der Waals surface area contributed by atoms with Gasteiger partial charge in [0, 0.05) is 38.9 Å². The zero-order valence-electron chi connectivity index (χ0n) is 30.9. The lowest BCUT2D eigenvalue weighted by molar-refractivity contribution is 0.661. The molecule has 0 unspecified atom stereocenters. The number of rotatable bonds is 5. The summed E-state index contributed by atoms with van der Waals surface area (Å²) < 4.78 is 2.46. The molecule has 55 heavy (non-hydrogen) atoms. The van der Waals surface area contributed by atoms with E-state index in [1.165, 1.54) is 82.4 Å². The Morgan fingerprint density at radius 1 is 0.382 bits per heavy atom. The third-order valence-electron chi connectivity index (χ3n) is 11.9. The minimum Gasteiger partial charge on any atom is -0.310 e. The first kappa shape index (κ1) is 31.6. The Morgan fingerprint density at radius 2 is 1.02 bits per heavy atom. The standard InChI is InChI=1S/C53H38N2/c1-53(2)49-18-10-8-16-45(49)47-33-48-46-17-9-11-19-51(46)55(52(48)34-50(47)53)44-29-25-39-31-43(28-24-40(39)32-44)54(41-14-4-3-5-15-41)42-26-22-36(23-27-42)38-21-20-35-12-6-7-13-37(35)30-38/h3-34H,1-2H3. The molecular weight excluding hydrogens is 665 g/mol. The highest BCUT2D eigenvalue weighted by Crippen LogP contribution is 2.51. The molecule has 11 rings (SSSR count). The zero-order chi connectivity index (χ0) is 36.7. The summed E-state index contributed by atoms with van der Waals surface area (Å²) in [5.41, 5.74) is 14.9. The summed E-state index contributed by atoms with van der Waals surface area (Å²) in [4.78, 5) is 2.35. The quantitative estimate of drug-likeness (QED) is 0.173. The predicted octanol–water partition coefficient (Wildman–Crippen LogP) is 14.5. The topological polar surface area (TPSA) is 8.17 Å². The molecule has 0 saturated carbocycles. The van der Waals surface area contributed by atoms with Crippen molar-refractivity contribution in [2.24, 2.45) is 0 Å². The number of hydrogen-bond donors (Lipinski definition) is 0. The molecule has 2 nitrogen and oxygen atoms in total. The van der Waals surface area contributed by atoms with Crippen LogP contribution in [0.1, 0.15) is 25.0 Å². The number of nitrogens with zero attached hydrogens (tertiary/aromatic N) is 2. The van der Waals surface area contributed by atoms with Crippen LogP contribution in [0.2, 0.25) is 0 Å². The van der Waals surface area contributed by atoms with Gasteiger partial charge in [0.2, 0.25) is 0 Å². The number of fused-ring (bicyclic) bond motifs is 8. The van der Waals surface area contributed by atoms with Crippen LogP contribution in [0.25, 0.3) is 71.3 Å². The number of benzene rings is 9. The Bertz CT molecular complexity index is 3110. The smallest absolute Gasteiger partial charge is 0.0544 e. The number of hydrogen-bond acceptors (Lipinski definition) is 1. The largest absolute Gasteiger partial charge is 0.310 e. The van der Waals surface area contributed by atoms with Crippen molar-refractivity contribution in [2.75, 3.05) is 4.90 Å². The third-order valence-corrected chi connectivity index (χ3v) is 11.9. The fourth-order valence-electron chi connectivity index (χ4n) is 9.14. The molecule has 9 aromatic carbocycles. The van der Waals surface area contributed by atoms with Gasteiger partial charge in [-0.2, -0.15) is 0 Å². The van der Waals surface area contributed by atoms with Gasteiger partial charge in [0.25, 0.3) is 0 Å².